The zero-order valence-corrected chi connectivity index (χ0v) is 8.43. The Hall–Kier alpha value is -1.30. The fourth-order valence-corrected chi connectivity index (χ4v) is 1.68. The monoisotopic (exact) mass is 172 g/mol. The van der Waals surface area contributed by atoms with Crippen molar-refractivity contribution in [3.05, 3.63) is 47.5 Å². The number of benzene rings is 1. The van der Waals surface area contributed by atoms with E-state index in [1.807, 2.05) is 12.2 Å². The van der Waals surface area contributed by atoms with Gasteiger partial charge in [-0.15, -0.1) is 0 Å². The molecule has 0 spiro atoms. The highest BCUT2D eigenvalue weighted by Crippen LogP contribution is 2.21. The molecule has 0 aliphatic carbocycles. The summed E-state index contributed by atoms with van der Waals surface area (Å²) in [6.45, 7) is 11.9. The fraction of sp³-hybridized carbons (Fsp3) is 0.231. The molecule has 0 aromatic heterocycles. The van der Waals surface area contributed by atoms with E-state index >= 15 is 0 Å². The van der Waals surface area contributed by atoms with Crippen LogP contribution in [0.1, 0.15) is 29.2 Å². The van der Waals surface area contributed by atoms with E-state index < -0.39 is 0 Å². The van der Waals surface area contributed by atoms with Crippen LogP contribution in [0.2, 0.25) is 0 Å². The molecule has 0 fully saturated rings. The van der Waals surface area contributed by atoms with Crippen molar-refractivity contribution in [2.75, 3.05) is 0 Å². The number of hydrogen-bond donors (Lipinski definition) is 0. The van der Waals surface area contributed by atoms with Crippen molar-refractivity contribution >= 4 is 12.2 Å². The molecule has 0 bridgehead atoms. The topological polar surface area (TPSA) is 0 Å². The molecular formula is C13H16. The molecule has 0 saturated heterocycles. The van der Waals surface area contributed by atoms with Gasteiger partial charge in [-0.3, -0.25) is 0 Å². The largest absolute Gasteiger partial charge is 0.0984 e. The molecule has 1 aromatic carbocycles. The zero-order chi connectivity index (χ0) is 9.84. The molecule has 1 rings (SSSR count). The first kappa shape index (κ1) is 9.79. The third-order valence-corrected chi connectivity index (χ3v) is 2.40. The molecule has 0 radical (unpaired) electrons. The lowest BCUT2D eigenvalue weighted by Crippen LogP contribution is -1.93. The maximum Gasteiger partial charge on any atom is -0.0155 e. The van der Waals surface area contributed by atoms with Gasteiger partial charge in [-0.2, -0.15) is 0 Å². The molecule has 0 nitrogen and oxygen atoms in total. The van der Waals surface area contributed by atoms with Gasteiger partial charge in [-0.25, -0.2) is 0 Å². The Bertz CT molecular complexity index is 332. The highest BCUT2D eigenvalue weighted by molar-refractivity contribution is 5.67. The maximum atomic E-state index is 3.84. The van der Waals surface area contributed by atoms with Crippen LogP contribution in [-0.2, 0) is 6.42 Å². The summed E-state index contributed by atoms with van der Waals surface area (Å²) >= 11 is 0. The molecule has 0 N–H and O–H groups in total. The van der Waals surface area contributed by atoms with E-state index in [0.29, 0.717) is 0 Å². The highest BCUT2D eigenvalue weighted by Gasteiger charge is 2.04. The summed E-state index contributed by atoms with van der Waals surface area (Å²) in [5.74, 6) is 0. The van der Waals surface area contributed by atoms with Crippen molar-refractivity contribution in [3.8, 4) is 0 Å². The first-order valence-corrected chi connectivity index (χ1v) is 4.62. The van der Waals surface area contributed by atoms with Crippen molar-refractivity contribution in [2.45, 2.75) is 20.3 Å². The average Bonchev–Trinajstić information content (AvgIpc) is 2.17. The Morgan fingerprint density at radius 3 is 2.38 bits per heavy atom. The summed E-state index contributed by atoms with van der Waals surface area (Å²) in [4.78, 5) is 0. The Labute approximate surface area is 80.6 Å². The quantitative estimate of drug-likeness (QED) is 0.649. The number of rotatable bonds is 3. The van der Waals surface area contributed by atoms with Gasteiger partial charge in [0.1, 0.15) is 0 Å². The summed E-state index contributed by atoms with van der Waals surface area (Å²) in [6, 6.07) is 4.24. The van der Waals surface area contributed by atoms with Crippen LogP contribution in [0.4, 0.5) is 0 Å². The molecule has 68 valence electrons. The standard InChI is InChI=1S/C13H16/c1-5-11-9-8-10(4)12(6-2)13(11)7-3/h5,7-9H,1,3,6H2,2,4H3. The van der Waals surface area contributed by atoms with E-state index in [2.05, 4.69) is 39.1 Å². The van der Waals surface area contributed by atoms with Crippen LogP contribution in [0.3, 0.4) is 0 Å². The minimum atomic E-state index is 1.05. The molecule has 0 aliphatic heterocycles. The summed E-state index contributed by atoms with van der Waals surface area (Å²) in [7, 11) is 0. The summed E-state index contributed by atoms with van der Waals surface area (Å²) in [5.41, 5.74) is 5.13. The molecular weight excluding hydrogens is 156 g/mol. The van der Waals surface area contributed by atoms with Gasteiger partial charge in [0, 0.05) is 0 Å². The first-order valence-electron chi connectivity index (χ1n) is 4.62. The van der Waals surface area contributed by atoms with Gasteiger partial charge in [-0.05, 0) is 35.6 Å². The van der Waals surface area contributed by atoms with Crippen LogP contribution in [0.5, 0.6) is 0 Å². The molecule has 0 unspecified atom stereocenters. The lowest BCUT2D eigenvalue weighted by atomic mass is 9.95. The first-order chi connectivity index (χ1) is 6.24. The lowest BCUT2D eigenvalue weighted by Gasteiger charge is -2.10. The minimum absolute atomic E-state index is 1.05. The van der Waals surface area contributed by atoms with Crippen LogP contribution in [0.15, 0.2) is 25.3 Å². The average molecular weight is 172 g/mol. The number of hydrogen-bond acceptors (Lipinski definition) is 0. The van der Waals surface area contributed by atoms with Crippen LogP contribution in [0.25, 0.3) is 12.2 Å². The maximum absolute atomic E-state index is 3.84. The molecule has 0 heteroatoms. The van der Waals surface area contributed by atoms with Gasteiger partial charge in [0.05, 0.1) is 0 Å². The van der Waals surface area contributed by atoms with Gasteiger partial charge in [-0.1, -0.05) is 44.4 Å². The summed E-state index contributed by atoms with van der Waals surface area (Å²) < 4.78 is 0. The van der Waals surface area contributed by atoms with E-state index in [4.69, 9.17) is 0 Å². The molecule has 1 aromatic rings. The third kappa shape index (κ3) is 1.72. The summed E-state index contributed by atoms with van der Waals surface area (Å²) in [5, 5.41) is 0. The van der Waals surface area contributed by atoms with Crippen LogP contribution < -0.4 is 0 Å². The molecule has 0 heterocycles. The molecule has 0 aliphatic rings. The second-order valence-corrected chi connectivity index (χ2v) is 3.13. The molecule has 13 heavy (non-hydrogen) atoms. The van der Waals surface area contributed by atoms with Crippen LogP contribution in [-0.4, -0.2) is 0 Å². The van der Waals surface area contributed by atoms with Crippen molar-refractivity contribution in [1.82, 2.24) is 0 Å². The second kappa shape index (κ2) is 4.08. The van der Waals surface area contributed by atoms with E-state index in [9.17, 15) is 0 Å². The van der Waals surface area contributed by atoms with E-state index in [1.165, 1.54) is 22.3 Å². The van der Waals surface area contributed by atoms with Crippen molar-refractivity contribution in [2.24, 2.45) is 0 Å². The lowest BCUT2D eigenvalue weighted by molar-refractivity contribution is 1.10. The predicted molar refractivity (Wildman–Crippen MR) is 60.7 cm³/mol. The van der Waals surface area contributed by atoms with E-state index in [0.717, 1.165) is 6.42 Å². The Balaban J connectivity index is 3.44. The van der Waals surface area contributed by atoms with Crippen LogP contribution >= 0.6 is 0 Å². The predicted octanol–water partition coefficient (Wildman–Crippen LogP) is 3.84. The number of aryl methyl sites for hydroxylation is 1. The Kier molecular flexibility index (Phi) is 3.07. The van der Waals surface area contributed by atoms with Crippen molar-refractivity contribution in [1.29, 1.82) is 0 Å². The SMILES string of the molecule is C=Cc1ccc(C)c(CC)c1C=C. The van der Waals surface area contributed by atoms with Gasteiger partial charge >= 0.3 is 0 Å². The zero-order valence-electron chi connectivity index (χ0n) is 8.43. The van der Waals surface area contributed by atoms with Gasteiger partial charge in [0.25, 0.3) is 0 Å². The highest BCUT2D eigenvalue weighted by atomic mass is 14.1. The molecule has 0 atom stereocenters. The minimum Gasteiger partial charge on any atom is -0.0984 e. The summed E-state index contributed by atoms with van der Waals surface area (Å²) in [6.07, 6.45) is 4.85. The van der Waals surface area contributed by atoms with Gasteiger partial charge in [0.2, 0.25) is 0 Å². The van der Waals surface area contributed by atoms with Gasteiger partial charge in [0.15, 0.2) is 0 Å². The van der Waals surface area contributed by atoms with E-state index in [-0.39, 0.29) is 0 Å². The fourth-order valence-electron chi connectivity index (χ4n) is 1.68. The van der Waals surface area contributed by atoms with Crippen molar-refractivity contribution in [3.63, 3.8) is 0 Å². The molecule has 0 saturated carbocycles. The molecule has 0 amide bonds. The smallest absolute Gasteiger partial charge is 0.0155 e. The van der Waals surface area contributed by atoms with Gasteiger partial charge < -0.3 is 0 Å². The Morgan fingerprint density at radius 1 is 1.23 bits per heavy atom. The normalized spacial score (nSPS) is 9.69. The third-order valence-electron chi connectivity index (χ3n) is 2.40. The van der Waals surface area contributed by atoms with E-state index in [1.54, 1.807) is 0 Å². The Morgan fingerprint density at radius 2 is 1.92 bits per heavy atom. The van der Waals surface area contributed by atoms with Crippen LogP contribution in [0, 0.1) is 6.92 Å². The second-order valence-electron chi connectivity index (χ2n) is 3.13. The van der Waals surface area contributed by atoms with Crippen molar-refractivity contribution < 1.29 is 0 Å².